The molecule has 0 bridgehead atoms. The van der Waals surface area contributed by atoms with E-state index in [1.54, 1.807) is 35.2 Å². The molecule has 8 heteroatoms. The van der Waals surface area contributed by atoms with Crippen molar-refractivity contribution in [2.45, 2.75) is 27.0 Å². The van der Waals surface area contributed by atoms with Crippen LogP contribution in [0.25, 0.3) is 11.1 Å². The SMILES string of the molecule is Cc1cc(C(=O)Nc2ccc3oc(=O)n(CCN(C)C)c3c2)cc(C)c1OCc1cccnc1. The summed E-state index contributed by atoms with van der Waals surface area (Å²) in [7, 11) is 3.89. The van der Waals surface area contributed by atoms with E-state index in [2.05, 4.69) is 10.3 Å². The molecule has 0 aliphatic rings. The van der Waals surface area contributed by atoms with Crippen LogP contribution in [0.15, 0.2) is 64.1 Å². The lowest BCUT2D eigenvalue weighted by atomic mass is 10.0. The molecular formula is C26H28N4O4. The van der Waals surface area contributed by atoms with Gasteiger partial charge in [-0.05, 0) is 75.5 Å². The van der Waals surface area contributed by atoms with Gasteiger partial charge in [-0.2, -0.15) is 0 Å². The molecule has 0 unspecified atom stereocenters. The predicted molar refractivity (Wildman–Crippen MR) is 131 cm³/mol. The Labute approximate surface area is 197 Å². The molecular weight excluding hydrogens is 432 g/mol. The fourth-order valence-corrected chi connectivity index (χ4v) is 3.80. The molecule has 8 nitrogen and oxygen atoms in total. The van der Waals surface area contributed by atoms with Gasteiger partial charge < -0.3 is 19.4 Å². The van der Waals surface area contributed by atoms with Crippen LogP contribution in [-0.4, -0.2) is 41.0 Å². The second kappa shape index (κ2) is 9.93. The van der Waals surface area contributed by atoms with E-state index < -0.39 is 5.76 Å². The molecule has 0 saturated carbocycles. The van der Waals surface area contributed by atoms with Crippen molar-refractivity contribution in [3.8, 4) is 5.75 Å². The van der Waals surface area contributed by atoms with Crippen LogP contribution in [-0.2, 0) is 13.2 Å². The number of aromatic nitrogens is 2. The summed E-state index contributed by atoms with van der Waals surface area (Å²) in [5, 5.41) is 2.93. The number of rotatable bonds is 8. The summed E-state index contributed by atoms with van der Waals surface area (Å²) in [5.41, 5.74) is 4.97. The first-order valence-electron chi connectivity index (χ1n) is 11.0. The van der Waals surface area contributed by atoms with Gasteiger partial charge in [0.15, 0.2) is 5.58 Å². The van der Waals surface area contributed by atoms with Crippen molar-refractivity contribution in [2.75, 3.05) is 26.0 Å². The number of carbonyl (C=O) groups is 1. The number of nitrogens with zero attached hydrogens (tertiary/aromatic N) is 3. The topological polar surface area (TPSA) is 89.6 Å². The average Bonchev–Trinajstić information content (AvgIpc) is 3.11. The first-order valence-corrected chi connectivity index (χ1v) is 11.0. The second-order valence-electron chi connectivity index (χ2n) is 8.55. The number of nitrogens with one attached hydrogen (secondary N) is 1. The number of benzene rings is 2. The van der Waals surface area contributed by atoms with Crippen molar-refractivity contribution in [2.24, 2.45) is 0 Å². The number of anilines is 1. The Morgan fingerprint density at radius 3 is 2.59 bits per heavy atom. The van der Waals surface area contributed by atoms with Gasteiger partial charge in [0.25, 0.3) is 5.91 Å². The van der Waals surface area contributed by atoms with Crippen LogP contribution < -0.4 is 15.8 Å². The summed E-state index contributed by atoms with van der Waals surface area (Å²) in [5.74, 6) is 0.105. The predicted octanol–water partition coefficient (Wildman–Crippen LogP) is 4.00. The van der Waals surface area contributed by atoms with Crippen LogP contribution >= 0.6 is 0 Å². The van der Waals surface area contributed by atoms with E-state index in [0.29, 0.717) is 42.0 Å². The average molecular weight is 461 g/mol. The molecule has 0 atom stereocenters. The number of fused-ring (bicyclic) bond motifs is 1. The highest BCUT2D eigenvalue weighted by Crippen LogP contribution is 2.27. The minimum Gasteiger partial charge on any atom is -0.488 e. The summed E-state index contributed by atoms with van der Waals surface area (Å²) in [6.07, 6.45) is 3.49. The van der Waals surface area contributed by atoms with E-state index in [9.17, 15) is 9.59 Å². The maximum absolute atomic E-state index is 13.0. The van der Waals surface area contributed by atoms with Gasteiger partial charge in [-0.25, -0.2) is 4.79 Å². The van der Waals surface area contributed by atoms with Gasteiger partial charge >= 0.3 is 5.76 Å². The van der Waals surface area contributed by atoms with E-state index >= 15 is 0 Å². The minimum atomic E-state index is -0.409. The molecule has 4 aromatic rings. The second-order valence-corrected chi connectivity index (χ2v) is 8.55. The fraction of sp³-hybridized carbons (Fsp3) is 0.269. The van der Waals surface area contributed by atoms with Gasteiger partial charge in [-0.3, -0.25) is 14.3 Å². The van der Waals surface area contributed by atoms with Gasteiger partial charge in [0.2, 0.25) is 0 Å². The van der Waals surface area contributed by atoms with Gasteiger partial charge in [0, 0.05) is 42.3 Å². The highest BCUT2D eigenvalue weighted by atomic mass is 16.5. The Hall–Kier alpha value is -3.91. The van der Waals surface area contributed by atoms with Crippen LogP contribution in [0.3, 0.4) is 0 Å². The largest absolute Gasteiger partial charge is 0.488 e. The third-order valence-corrected chi connectivity index (χ3v) is 5.52. The van der Waals surface area contributed by atoms with E-state index in [1.165, 1.54) is 0 Å². The highest BCUT2D eigenvalue weighted by molar-refractivity contribution is 6.05. The lowest BCUT2D eigenvalue weighted by Gasteiger charge is -2.14. The summed E-state index contributed by atoms with van der Waals surface area (Å²) >= 11 is 0. The fourth-order valence-electron chi connectivity index (χ4n) is 3.80. The molecule has 1 N–H and O–H groups in total. The van der Waals surface area contributed by atoms with Crippen LogP contribution in [0.5, 0.6) is 5.75 Å². The smallest absolute Gasteiger partial charge is 0.419 e. The van der Waals surface area contributed by atoms with Crippen molar-refractivity contribution in [1.29, 1.82) is 0 Å². The Bertz CT molecular complexity index is 1350. The molecule has 0 spiro atoms. The van der Waals surface area contributed by atoms with E-state index in [1.807, 2.05) is 57.1 Å². The third-order valence-electron chi connectivity index (χ3n) is 5.52. The molecule has 0 aliphatic carbocycles. The number of likely N-dealkylation sites (N-methyl/N-ethyl adjacent to an activating group) is 1. The number of pyridine rings is 1. The maximum atomic E-state index is 13.0. The van der Waals surface area contributed by atoms with Gasteiger partial charge in [-0.15, -0.1) is 0 Å². The Morgan fingerprint density at radius 2 is 1.91 bits per heavy atom. The molecule has 34 heavy (non-hydrogen) atoms. The zero-order valence-corrected chi connectivity index (χ0v) is 19.8. The molecule has 4 rings (SSSR count). The first kappa shape index (κ1) is 23.3. The van der Waals surface area contributed by atoms with Gasteiger partial charge in [0.1, 0.15) is 12.4 Å². The summed E-state index contributed by atoms with van der Waals surface area (Å²) in [6, 6.07) is 12.6. The quantitative estimate of drug-likeness (QED) is 0.428. The number of oxazole rings is 1. The Morgan fingerprint density at radius 1 is 1.15 bits per heavy atom. The number of ether oxygens (including phenoxy) is 1. The molecule has 0 fully saturated rings. The molecule has 2 heterocycles. The molecule has 2 aromatic carbocycles. The minimum absolute atomic E-state index is 0.241. The van der Waals surface area contributed by atoms with Crippen molar-refractivity contribution in [3.63, 3.8) is 0 Å². The summed E-state index contributed by atoms with van der Waals surface area (Å²) in [6.45, 7) is 5.43. The van der Waals surface area contributed by atoms with Crippen molar-refractivity contribution in [3.05, 3.63) is 87.7 Å². The van der Waals surface area contributed by atoms with Crippen LogP contribution in [0, 0.1) is 13.8 Å². The number of amides is 1. The van der Waals surface area contributed by atoms with E-state index in [-0.39, 0.29) is 5.91 Å². The monoisotopic (exact) mass is 460 g/mol. The highest BCUT2D eigenvalue weighted by Gasteiger charge is 2.15. The third kappa shape index (κ3) is 5.18. The van der Waals surface area contributed by atoms with Gasteiger partial charge in [-0.1, -0.05) is 6.07 Å². The molecule has 0 saturated heterocycles. The number of hydrogen-bond acceptors (Lipinski definition) is 6. The zero-order chi connectivity index (χ0) is 24.2. The molecule has 1 amide bonds. The first-order chi connectivity index (χ1) is 16.3. The van der Waals surface area contributed by atoms with Crippen LogP contribution in [0.1, 0.15) is 27.0 Å². The summed E-state index contributed by atoms with van der Waals surface area (Å²) < 4.78 is 12.9. The number of carbonyl (C=O) groups excluding carboxylic acids is 1. The lowest BCUT2D eigenvalue weighted by molar-refractivity contribution is 0.102. The maximum Gasteiger partial charge on any atom is 0.419 e. The normalized spacial score (nSPS) is 11.2. The van der Waals surface area contributed by atoms with Crippen molar-refractivity contribution >= 4 is 22.7 Å². The zero-order valence-electron chi connectivity index (χ0n) is 19.8. The van der Waals surface area contributed by atoms with Crippen molar-refractivity contribution in [1.82, 2.24) is 14.5 Å². The number of aryl methyl sites for hydroxylation is 2. The summed E-state index contributed by atoms with van der Waals surface area (Å²) in [4.78, 5) is 31.3. The van der Waals surface area contributed by atoms with E-state index in [0.717, 1.165) is 22.4 Å². The molecule has 176 valence electrons. The Balaban J connectivity index is 1.52. The molecule has 2 aromatic heterocycles. The lowest BCUT2D eigenvalue weighted by Crippen LogP contribution is -2.23. The van der Waals surface area contributed by atoms with Crippen LogP contribution in [0.2, 0.25) is 0 Å². The standard InChI is InChI=1S/C26H28N4O4/c1-17-12-20(13-18(2)24(17)33-16-19-6-5-9-27-15-19)25(31)28-21-7-8-23-22(14-21)30(26(32)34-23)11-10-29(3)4/h5-9,12-15H,10-11,16H2,1-4H3,(H,28,31). The van der Waals surface area contributed by atoms with Crippen molar-refractivity contribution < 1.29 is 13.9 Å². The van der Waals surface area contributed by atoms with Crippen LogP contribution in [0.4, 0.5) is 5.69 Å². The van der Waals surface area contributed by atoms with Gasteiger partial charge in [0.05, 0.1) is 5.52 Å². The molecule has 0 radical (unpaired) electrons. The van der Waals surface area contributed by atoms with E-state index in [4.69, 9.17) is 9.15 Å². The molecule has 0 aliphatic heterocycles. The number of hydrogen-bond donors (Lipinski definition) is 1. The Kier molecular flexibility index (Phi) is 6.79.